The summed E-state index contributed by atoms with van der Waals surface area (Å²) >= 11 is 0. The standard InChI is InChI=1S/C15H21NO2/c1-2-5-13(6-3-1)12-17-14-11-16-9-8-15(14)7-4-10-18-15/h1-3,5-6,14,16H,4,7-12H2/t14-,15-/m1/s1. The maximum absolute atomic E-state index is 6.12. The van der Waals surface area contributed by atoms with Gasteiger partial charge >= 0.3 is 0 Å². The molecule has 0 radical (unpaired) electrons. The molecule has 0 amide bonds. The van der Waals surface area contributed by atoms with Crippen molar-refractivity contribution in [1.29, 1.82) is 0 Å². The monoisotopic (exact) mass is 247 g/mol. The third-order valence-electron chi connectivity index (χ3n) is 4.07. The van der Waals surface area contributed by atoms with Crippen LogP contribution in [0.4, 0.5) is 0 Å². The second kappa shape index (κ2) is 5.39. The van der Waals surface area contributed by atoms with Gasteiger partial charge in [0.1, 0.15) is 0 Å². The highest BCUT2D eigenvalue weighted by Gasteiger charge is 2.45. The Kier molecular flexibility index (Phi) is 3.64. The van der Waals surface area contributed by atoms with Crippen LogP contribution >= 0.6 is 0 Å². The molecule has 2 fully saturated rings. The summed E-state index contributed by atoms with van der Waals surface area (Å²) in [5, 5.41) is 3.42. The molecule has 3 heteroatoms. The minimum atomic E-state index is -0.0139. The van der Waals surface area contributed by atoms with Crippen LogP contribution in [0.25, 0.3) is 0 Å². The number of ether oxygens (including phenoxy) is 2. The van der Waals surface area contributed by atoms with Gasteiger partial charge in [-0.2, -0.15) is 0 Å². The molecule has 0 aliphatic carbocycles. The molecule has 18 heavy (non-hydrogen) atoms. The van der Waals surface area contributed by atoms with E-state index >= 15 is 0 Å². The van der Waals surface area contributed by atoms with Crippen molar-refractivity contribution in [1.82, 2.24) is 5.32 Å². The van der Waals surface area contributed by atoms with Gasteiger partial charge in [-0.25, -0.2) is 0 Å². The second-order valence-corrected chi connectivity index (χ2v) is 5.26. The minimum Gasteiger partial charge on any atom is -0.372 e. The van der Waals surface area contributed by atoms with Crippen molar-refractivity contribution in [2.24, 2.45) is 0 Å². The van der Waals surface area contributed by atoms with Gasteiger partial charge in [-0.05, 0) is 31.4 Å². The quantitative estimate of drug-likeness (QED) is 0.887. The molecule has 98 valence electrons. The molecule has 2 aliphatic rings. The first-order chi connectivity index (χ1) is 8.89. The van der Waals surface area contributed by atoms with Crippen LogP contribution in [-0.4, -0.2) is 31.4 Å². The molecule has 0 bridgehead atoms. The van der Waals surface area contributed by atoms with E-state index in [0.29, 0.717) is 6.61 Å². The van der Waals surface area contributed by atoms with Crippen LogP contribution < -0.4 is 5.32 Å². The molecule has 2 saturated heterocycles. The Morgan fingerprint density at radius 2 is 2.17 bits per heavy atom. The molecule has 1 spiro atoms. The summed E-state index contributed by atoms with van der Waals surface area (Å²) < 4.78 is 12.1. The van der Waals surface area contributed by atoms with Gasteiger partial charge in [0.25, 0.3) is 0 Å². The fraction of sp³-hybridized carbons (Fsp3) is 0.600. The van der Waals surface area contributed by atoms with Crippen molar-refractivity contribution in [3.05, 3.63) is 35.9 Å². The topological polar surface area (TPSA) is 30.5 Å². The van der Waals surface area contributed by atoms with Crippen LogP contribution in [-0.2, 0) is 16.1 Å². The highest BCUT2D eigenvalue weighted by atomic mass is 16.6. The Labute approximate surface area is 108 Å². The second-order valence-electron chi connectivity index (χ2n) is 5.26. The molecular weight excluding hydrogens is 226 g/mol. The lowest BCUT2D eigenvalue weighted by Crippen LogP contribution is -2.54. The molecule has 2 aliphatic heterocycles. The van der Waals surface area contributed by atoms with E-state index in [9.17, 15) is 0 Å². The van der Waals surface area contributed by atoms with Gasteiger partial charge in [0.05, 0.1) is 18.3 Å². The lowest BCUT2D eigenvalue weighted by molar-refractivity contribution is -0.137. The van der Waals surface area contributed by atoms with Gasteiger partial charge in [0.2, 0.25) is 0 Å². The van der Waals surface area contributed by atoms with Gasteiger partial charge in [-0.15, -0.1) is 0 Å². The summed E-state index contributed by atoms with van der Waals surface area (Å²) in [5.74, 6) is 0. The fourth-order valence-corrected chi connectivity index (χ4v) is 3.03. The number of nitrogens with one attached hydrogen (secondary N) is 1. The minimum absolute atomic E-state index is 0.0139. The molecule has 0 saturated carbocycles. The maximum Gasteiger partial charge on any atom is 0.0993 e. The highest BCUT2D eigenvalue weighted by molar-refractivity contribution is 5.13. The van der Waals surface area contributed by atoms with Crippen LogP contribution in [0.3, 0.4) is 0 Å². The van der Waals surface area contributed by atoms with E-state index in [0.717, 1.165) is 32.5 Å². The molecule has 1 aromatic carbocycles. The van der Waals surface area contributed by atoms with E-state index in [1.807, 2.05) is 6.07 Å². The summed E-state index contributed by atoms with van der Waals surface area (Å²) in [5.41, 5.74) is 1.22. The predicted molar refractivity (Wildman–Crippen MR) is 70.4 cm³/mol. The number of piperidine rings is 1. The average Bonchev–Trinajstić information content (AvgIpc) is 2.88. The Morgan fingerprint density at radius 1 is 1.28 bits per heavy atom. The number of hydrogen-bond donors (Lipinski definition) is 1. The van der Waals surface area contributed by atoms with E-state index in [-0.39, 0.29) is 11.7 Å². The van der Waals surface area contributed by atoms with Gasteiger partial charge in [0.15, 0.2) is 0 Å². The van der Waals surface area contributed by atoms with Gasteiger partial charge < -0.3 is 14.8 Å². The largest absolute Gasteiger partial charge is 0.372 e. The highest BCUT2D eigenvalue weighted by Crippen LogP contribution is 2.35. The van der Waals surface area contributed by atoms with Crippen molar-refractivity contribution in [3.63, 3.8) is 0 Å². The first kappa shape index (κ1) is 12.2. The van der Waals surface area contributed by atoms with Crippen molar-refractivity contribution in [2.75, 3.05) is 19.7 Å². The fourth-order valence-electron chi connectivity index (χ4n) is 3.03. The smallest absolute Gasteiger partial charge is 0.0993 e. The zero-order valence-electron chi connectivity index (χ0n) is 10.7. The summed E-state index contributed by atoms with van der Waals surface area (Å²) in [6.07, 6.45) is 3.58. The van der Waals surface area contributed by atoms with Crippen molar-refractivity contribution in [3.8, 4) is 0 Å². The van der Waals surface area contributed by atoms with E-state index in [1.165, 1.54) is 12.0 Å². The average molecular weight is 247 g/mol. The SMILES string of the molecule is c1ccc(CO[C@@H]2CNCC[C@]23CCCO3)cc1. The van der Waals surface area contributed by atoms with Crippen molar-refractivity contribution in [2.45, 2.75) is 37.6 Å². The molecule has 0 aromatic heterocycles. The first-order valence-corrected chi connectivity index (χ1v) is 6.89. The normalized spacial score (nSPS) is 31.9. The van der Waals surface area contributed by atoms with Crippen molar-refractivity contribution >= 4 is 0 Å². The Hall–Kier alpha value is -0.900. The van der Waals surface area contributed by atoms with E-state index in [1.54, 1.807) is 0 Å². The predicted octanol–water partition coefficient (Wildman–Crippen LogP) is 2.11. The molecule has 1 N–H and O–H groups in total. The van der Waals surface area contributed by atoms with Crippen LogP contribution in [0.2, 0.25) is 0 Å². The van der Waals surface area contributed by atoms with E-state index in [4.69, 9.17) is 9.47 Å². The molecule has 3 nitrogen and oxygen atoms in total. The maximum atomic E-state index is 6.12. The van der Waals surface area contributed by atoms with E-state index < -0.39 is 0 Å². The van der Waals surface area contributed by atoms with Crippen molar-refractivity contribution < 1.29 is 9.47 Å². The lowest BCUT2D eigenvalue weighted by Gasteiger charge is -2.40. The zero-order chi connectivity index (χ0) is 12.3. The van der Waals surface area contributed by atoms with Gasteiger partial charge in [-0.1, -0.05) is 30.3 Å². The summed E-state index contributed by atoms with van der Waals surface area (Å²) in [7, 11) is 0. The van der Waals surface area contributed by atoms with Crippen LogP contribution in [0.15, 0.2) is 30.3 Å². The Balaban J connectivity index is 1.63. The summed E-state index contributed by atoms with van der Waals surface area (Å²) in [6, 6.07) is 10.4. The van der Waals surface area contributed by atoms with Gasteiger partial charge in [-0.3, -0.25) is 0 Å². The Morgan fingerprint density at radius 3 is 2.94 bits per heavy atom. The number of hydrogen-bond acceptors (Lipinski definition) is 3. The first-order valence-electron chi connectivity index (χ1n) is 6.89. The number of rotatable bonds is 3. The van der Waals surface area contributed by atoms with Crippen LogP contribution in [0.5, 0.6) is 0 Å². The van der Waals surface area contributed by atoms with Gasteiger partial charge in [0, 0.05) is 13.2 Å². The zero-order valence-corrected chi connectivity index (χ0v) is 10.7. The third kappa shape index (κ3) is 2.44. The molecular formula is C15H21NO2. The number of benzene rings is 1. The molecule has 3 rings (SSSR count). The molecule has 2 atom stereocenters. The van der Waals surface area contributed by atoms with Crippen LogP contribution in [0.1, 0.15) is 24.8 Å². The molecule has 2 heterocycles. The van der Waals surface area contributed by atoms with E-state index in [2.05, 4.69) is 29.6 Å². The van der Waals surface area contributed by atoms with Crippen LogP contribution in [0, 0.1) is 0 Å². The Bertz CT molecular complexity index is 373. The lowest BCUT2D eigenvalue weighted by atomic mass is 9.86. The molecule has 0 unspecified atom stereocenters. The third-order valence-corrected chi connectivity index (χ3v) is 4.07. The summed E-state index contributed by atoms with van der Waals surface area (Å²) in [4.78, 5) is 0. The summed E-state index contributed by atoms with van der Waals surface area (Å²) in [6.45, 7) is 3.53. The molecule has 1 aromatic rings.